The van der Waals surface area contributed by atoms with E-state index in [4.69, 9.17) is 16.3 Å². The summed E-state index contributed by atoms with van der Waals surface area (Å²) < 4.78 is 5.54. The molecule has 0 spiro atoms. The molecule has 1 fully saturated rings. The molecule has 1 aliphatic rings. The monoisotopic (exact) mass is 268 g/mol. The molecule has 0 atom stereocenters. The zero-order valence-electron chi connectivity index (χ0n) is 10.4. The van der Waals surface area contributed by atoms with Crippen molar-refractivity contribution in [2.75, 3.05) is 32.8 Å². The van der Waals surface area contributed by atoms with E-state index in [1.165, 1.54) is 0 Å². The molecule has 0 unspecified atom stereocenters. The number of hydrogen-bond donors (Lipinski definition) is 1. The summed E-state index contributed by atoms with van der Waals surface area (Å²) in [5, 5.41) is 3.88. The number of ether oxygens (including phenoxy) is 1. The van der Waals surface area contributed by atoms with Crippen molar-refractivity contribution >= 4 is 17.5 Å². The number of piperazine rings is 1. The molecule has 1 saturated heterocycles. The van der Waals surface area contributed by atoms with E-state index in [1.54, 1.807) is 12.1 Å². The summed E-state index contributed by atoms with van der Waals surface area (Å²) in [5.74, 6) is 0.744. The SMILES string of the molecule is Cc1cc(Cl)ccc1OCC(=O)N1CCNCC1. The predicted octanol–water partition coefficient (Wildman–Crippen LogP) is 1.46. The van der Waals surface area contributed by atoms with E-state index in [1.807, 2.05) is 17.9 Å². The lowest BCUT2D eigenvalue weighted by Gasteiger charge is -2.27. The van der Waals surface area contributed by atoms with Gasteiger partial charge in [-0.3, -0.25) is 4.79 Å². The highest BCUT2D eigenvalue weighted by Gasteiger charge is 2.16. The molecule has 98 valence electrons. The average molecular weight is 269 g/mol. The van der Waals surface area contributed by atoms with Crippen LogP contribution in [0.1, 0.15) is 5.56 Å². The summed E-state index contributed by atoms with van der Waals surface area (Å²) in [5.41, 5.74) is 0.940. The first kappa shape index (κ1) is 13.2. The largest absolute Gasteiger partial charge is 0.483 e. The van der Waals surface area contributed by atoms with Gasteiger partial charge in [-0.25, -0.2) is 0 Å². The van der Waals surface area contributed by atoms with Crippen LogP contribution in [0.3, 0.4) is 0 Å². The lowest BCUT2D eigenvalue weighted by Crippen LogP contribution is -2.47. The molecule has 1 aromatic rings. The third-order valence-electron chi connectivity index (χ3n) is 2.96. The molecule has 0 aromatic heterocycles. The quantitative estimate of drug-likeness (QED) is 0.902. The molecular weight excluding hydrogens is 252 g/mol. The van der Waals surface area contributed by atoms with Gasteiger partial charge in [-0.05, 0) is 30.7 Å². The predicted molar refractivity (Wildman–Crippen MR) is 71.1 cm³/mol. The second-order valence-electron chi connectivity index (χ2n) is 4.33. The fourth-order valence-corrected chi connectivity index (χ4v) is 2.15. The van der Waals surface area contributed by atoms with Crippen molar-refractivity contribution in [3.05, 3.63) is 28.8 Å². The van der Waals surface area contributed by atoms with Crippen LogP contribution in [0.4, 0.5) is 0 Å². The van der Waals surface area contributed by atoms with Gasteiger partial charge in [0.1, 0.15) is 5.75 Å². The van der Waals surface area contributed by atoms with E-state index in [-0.39, 0.29) is 12.5 Å². The standard InChI is InChI=1S/C13H17ClN2O2/c1-10-8-11(14)2-3-12(10)18-9-13(17)16-6-4-15-5-7-16/h2-3,8,15H,4-7,9H2,1H3. The number of rotatable bonds is 3. The number of benzene rings is 1. The van der Waals surface area contributed by atoms with Gasteiger partial charge in [0.15, 0.2) is 6.61 Å². The normalized spacial score (nSPS) is 15.6. The zero-order chi connectivity index (χ0) is 13.0. The lowest BCUT2D eigenvalue weighted by molar-refractivity contribution is -0.133. The summed E-state index contributed by atoms with van der Waals surface area (Å²) in [6.45, 7) is 5.21. The minimum Gasteiger partial charge on any atom is -0.483 e. The molecule has 0 aliphatic carbocycles. The van der Waals surface area contributed by atoms with Crippen LogP contribution < -0.4 is 10.1 Å². The molecule has 1 aromatic carbocycles. The van der Waals surface area contributed by atoms with Gasteiger partial charge in [0.2, 0.25) is 0 Å². The minimum atomic E-state index is 0.0332. The van der Waals surface area contributed by atoms with Crippen molar-refractivity contribution in [3.63, 3.8) is 0 Å². The Bertz CT molecular complexity index is 431. The highest BCUT2D eigenvalue weighted by atomic mass is 35.5. The van der Waals surface area contributed by atoms with Crippen LogP contribution in [0.2, 0.25) is 5.02 Å². The van der Waals surface area contributed by atoms with Crippen LogP contribution in [0, 0.1) is 6.92 Å². The van der Waals surface area contributed by atoms with Crippen LogP contribution in [-0.2, 0) is 4.79 Å². The van der Waals surface area contributed by atoms with Gasteiger partial charge in [0, 0.05) is 31.2 Å². The second kappa shape index (κ2) is 6.07. The smallest absolute Gasteiger partial charge is 0.260 e. The fourth-order valence-electron chi connectivity index (χ4n) is 1.92. The van der Waals surface area contributed by atoms with Crippen molar-refractivity contribution in [1.29, 1.82) is 0 Å². The Labute approximate surface area is 112 Å². The van der Waals surface area contributed by atoms with E-state index in [9.17, 15) is 4.79 Å². The Morgan fingerprint density at radius 1 is 1.44 bits per heavy atom. The minimum absolute atomic E-state index is 0.0332. The molecule has 1 heterocycles. The number of carbonyl (C=O) groups excluding carboxylic acids is 1. The Hall–Kier alpha value is -1.26. The molecule has 2 rings (SSSR count). The number of amides is 1. The Kier molecular flexibility index (Phi) is 4.44. The van der Waals surface area contributed by atoms with Crippen LogP contribution in [0.25, 0.3) is 0 Å². The van der Waals surface area contributed by atoms with Gasteiger partial charge in [0.25, 0.3) is 5.91 Å². The molecule has 1 aliphatic heterocycles. The number of halogens is 1. The van der Waals surface area contributed by atoms with Crippen molar-refractivity contribution < 1.29 is 9.53 Å². The van der Waals surface area contributed by atoms with Crippen LogP contribution in [0.15, 0.2) is 18.2 Å². The number of hydrogen-bond acceptors (Lipinski definition) is 3. The van der Waals surface area contributed by atoms with E-state index in [2.05, 4.69) is 5.32 Å². The Balaban J connectivity index is 1.88. The van der Waals surface area contributed by atoms with Crippen LogP contribution >= 0.6 is 11.6 Å². The fraction of sp³-hybridized carbons (Fsp3) is 0.462. The van der Waals surface area contributed by atoms with E-state index in [0.29, 0.717) is 10.8 Å². The third-order valence-corrected chi connectivity index (χ3v) is 3.19. The first-order valence-corrected chi connectivity index (χ1v) is 6.42. The first-order chi connectivity index (χ1) is 8.66. The third kappa shape index (κ3) is 3.37. The molecule has 5 heteroatoms. The first-order valence-electron chi connectivity index (χ1n) is 6.04. The van der Waals surface area contributed by atoms with Crippen molar-refractivity contribution in [3.8, 4) is 5.75 Å². The van der Waals surface area contributed by atoms with Gasteiger partial charge in [0.05, 0.1) is 0 Å². The maximum Gasteiger partial charge on any atom is 0.260 e. The summed E-state index contributed by atoms with van der Waals surface area (Å²) in [4.78, 5) is 13.7. The van der Waals surface area contributed by atoms with E-state index < -0.39 is 0 Å². The molecule has 0 bridgehead atoms. The highest BCUT2D eigenvalue weighted by Crippen LogP contribution is 2.21. The summed E-state index contributed by atoms with van der Waals surface area (Å²) >= 11 is 5.86. The van der Waals surface area contributed by atoms with Crippen molar-refractivity contribution in [2.45, 2.75) is 6.92 Å². The molecule has 4 nitrogen and oxygen atoms in total. The number of carbonyl (C=O) groups is 1. The Morgan fingerprint density at radius 2 is 2.17 bits per heavy atom. The molecule has 1 amide bonds. The van der Waals surface area contributed by atoms with Crippen molar-refractivity contribution in [2.24, 2.45) is 0 Å². The van der Waals surface area contributed by atoms with Gasteiger partial charge in [-0.1, -0.05) is 11.6 Å². The molecule has 0 saturated carbocycles. The molecule has 18 heavy (non-hydrogen) atoms. The molecule has 1 N–H and O–H groups in total. The van der Waals surface area contributed by atoms with Crippen molar-refractivity contribution in [1.82, 2.24) is 10.2 Å². The van der Waals surface area contributed by atoms with E-state index in [0.717, 1.165) is 31.7 Å². The topological polar surface area (TPSA) is 41.6 Å². The maximum atomic E-state index is 11.9. The summed E-state index contributed by atoms with van der Waals surface area (Å²) in [6.07, 6.45) is 0. The molecule has 0 radical (unpaired) electrons. The Morgan fingerprint density at radius 3 is 2.83 bits per heavy atom. The van der Waals surface area contributed by atoms with Crippen LogP contribution in [0.5, 0.6) is 5.75 Å². The maximum absolute atomic E-state index is 11.9. The summed E-state index contributed by atoms with van der Waals surface area (Å²) in [6, 6.07) is 5.38. The number of aryl methyl sites for hydroxylation is 1. The number of nitrogens with zero attached hydrogens (tertiary/aromatic N) is 1. The van der Waals surface area contributed by atoms with E-state index >= 15 is 0 Å². The number of nitrogens with one attached hydrogen (secondary N) is 1. The highest BCUT2D eigenvalue weighted by molar-refractivity contribution is 6.30. The van der Waals surface area contributed by atoms with Gasteiger partial charge in [-0.15, -0.1) is 0 Å². The zero-order valence-corrected chi connectivity index (χ0v) is 11.2. The lowest BCUT2D eigenvalue weighted by atomic mass is 10.2. The molecular formula is C13H17ClN2O2. The second-order valence-corrected chi connectivity index (χ2v) is 4.77. The van der Waals surface area contributed by atoms with Gasteiger partial charge in [-0.2, -0.15) is 0 Å². The van der Waals surface area contributed by atoms with Gasteiger partial charge >= 0.3 is 0 Å². The summed E-state index contributed by atoms with van der Waals surface area (Å²) in [7, 11) is 0. The average Bonchev–Trinajstić information content (AvgIpc) is 2.38. The van der Waals surface area contributed by atoms with Gasteiger partial charge < -0.3 is 15.0 Å². The van der Waals surface area contributed by atoms with Crippen LogP contribution in [-0.4, -0.2) is 43.6 Å².